The average molecular weight is 321 g/mol. The minimum absolute atomic E-state index is 0.0530. The van der Waals surface area contributed by atoms with Crippen molar-refractivity contribution in [3.8, 4) is 0 Å². The lowest BCUT2D eigenvalue weighted by atomic mass is 9.88. The van der Waals surface area contributed by atoms with E-state index in [9.17, 15) is 14.0 Å². The average Bonchev–Trinajstić information content (AvgIpc) is 2.76. The molecule has 2 rings (SSSR count). The van der Waals surface area contributed by atoms with Gasteiger partial charge in [0.15, 0.2) is 0 Å². The summed E-state index contributed by atoms with van der Waals surface area (Å²) in [6.07, 6.45) is 0.678. The molecule has 1 unspecified atom stereocenters. The van der Waals surface area contributed by atoms with Gasteiger partial charge in [-0.3, -0.25) is 4.90 Å². The number of ether oxygens (including phenoxy) is 1. The predicted octanol–water partition coefficient (Wildman–Crippen LogP) is 4.11. The molecule has 1 atom stereocenters. The molecule has 1 heterocycles. The summed E-state index contributed by atoms with van der Waals surface area (Å²) in [6, 6.07) is 4.96. The van der Waals surface area contributed by atoms with E-state index >= 15 is 0 Å². The molecule has 0 spiro atoms. The molecular formula is C18H24FNO3. The van der Waals surface area contributed by atoms with Gasteiger partial charge < -0.3 is 9.53 Å². The molecule has 0 aromatic heterocycles. The normalized spacial score (nSPS) is 18.2. The van der Waals surface area contributed by atoms with Crippen molar-refractivity contribution in [1.82, 2.24) is 0 Å². The van der Waals surface area contributed by atoms with E-state index < -0.39 is 11.9 Å². The number of nitrogens with zero attached hydrogens (tertiary/aromatic N) is 1. The molecular weight excluding hydrogens is 297 g/mol. The maximum Gasteiger partial charge on any atom is 0.414 e. The van der Waals surface area contributed by atoms with Crippen LogP contribution in [-0.4, -0.2) is 24.5 Å². The van der Waals surface area contributed by atoms with Gasteiger partial charge in [0.05, 0.1) is 12.2 Å². The summed E-state index contributed by atoms with van der Waals surface area (Å²) in [7, 11) is 0. The summed E-state index contributed by atoms with van der Waals surface area (Å²) in [5.41, 5.74) is 1.20. The van der Waals surface area contributed by atoms with Gasteiger partial charge in [-0.15, -0.1) is 0 Å². The number of carbonyl (C=O) groups is 2. The van der Waals surface area contributed by atoms with E-state index in [4.69, 9.17) is 4.74 Å². The number of anilines is 1. The van der Waals surface area contributed by atoms with E-state index in [2.05, 4.69) is 20.8 Å². The second-order valence-corrected chi connectivity index (χ2v) is 7.38. The first-order chi connectivity index (χ1) is 10.7. The molecule has 1 saturated heterocycles. The molecule has 0 saturated carbocycles. The van der Waals surface area contributed by atoms with Gasteiger partial charge in [-0.05, 0) is 42.9 Å². The summed E-state index contributed by atoms with van der Waals surface area (Å²) in [4.78, 5) is 24.3. The number of halogens is 1. The Morgan fingerprint density at radius 3 is 2.65 bits per heavy atom. The maximum atomic E-state index is 14.4. The van der Waals surface area contributed by atoms with Crippen LogP contribution in [0.4, 0.5) is 14.9 Å². The van der Waals surface area contributed by atoms with Crippen LogP contribution in [-0.2, 0) is 16.0 Å². The highest BCUT2D eigenvalue weighted by atomic mass is 19.1. The Kier molecular flexibility index (Phi) is 5.07. The van der Waals surface area contributed by atoms with Crippen molar-refractivity contribution in [3.63, 3.8) is 0 Å². The van der Waals surface area contributed by atoms with Crippen molar-refractivity contribution in [3.05, 3.63) is 29.6 Å². The minimum atomic E-state index is -0.555. The van der Waals surface area contributed by atoms with Crippen LogP contribution in [0.1, 0.15) is 46.1 Å². The molecule has 0 bridgehead atoms. The monoisotopic (exact) mass is 321 g/mol. The fourth-order valence-electron chi connectivity index (χ4n) is 2.72. The molecule has 1 aromatic rings. The SMILES string of the molecule is CC(=O)CCC1CN(c2ccc(CC(C)(C)C)cc2F)C(=O)O1. The number of hydrogen-bond acceptors (Lipinski definition) is 3. The zero-order chi connectivity index (χ0) is 17.2. The van der Waals surface area contributed by atoms with Crippen LogP contribution in [0.3, 0.4) is 0 Å². The number of Topliss-reactive ketones (excluding diaryl/α,β-unsaturated/α-hetero) is 1. The van der Waals surface area contributed by atoms with Crippen LogP contribution in [0, 0.1) is 11.2 Å². The first-order valence-corrected chi connectivity index (χ1v) is 7.92. The van der Waals surface area contributed by atoms with Crippen molar-refractivity contribution >= 4 is 17.6 Å². The highest BCUT2D eigenvalue weighted by Crippen LogP contribution is 2.29. The van der Waals surface area contributed by atoms with Crippen molar-refractivity contribution in [1.29, 1.82) is 0 Å². The molecule has 1 fully saturated rings. The Bertz CT molecular complexity index is 607. The van der Waals surface area contributed by atoms with Gasteiger partial charge in [0, 0.05) is 6.42 Å². The van der Waals surface area contributed by atoms with Gasteiger partial charge in [0.1, 0.15) is 17.7 Å². The Hall–Kier alpha value is -1.91. The Labute approximate surface area is 136 Å². The van der Waals surface area contributed by atoms with E-state index in [1.54, 1.807) is 6.07 Å². The topological polar surface area (TPSA) is 46.6 Å². The van der Waals surface area contributed by atoms with Crippen molar-refractivity contribution in [2.45, 2.75) is 53.1 Å². The molecule has 1 aliphatic rings. The summed E-state index contributed by atoms with van der Waals surface area (Å²) in [5, 5.41) is 0. The van der Waals surface area contributed by atoms with Gasteiger partial charge in [0.25, 0.3) is 0 Å². The lowest BCUT2D eigenvalue weighted by molar-refractivity contribution is -0.117. The minimum Gasteiger partial charge on any atom is -0.444 e. The molecule has 0 aliphatic carbocycles. The number of rotatable bonds is 5. The standard InChI is InChI=1S/C18H24FNO3/c1-12(21)5-7-14-11-20(17(22)23-14)16-8-6-13(9-15(16)19)10-18(2,3)4/h6,8-9,14H,5,7,10-11H2,1-4H3. The number of cyclic esters (lactones) is 1. The molecule has 0 radical (unpaired) electrons. The fraction of sp³-hybridized carbons (Fsp3) is 0.556. The summed E-state index contributed by atoms with van der Waals surface area (Å²) in [6.45, 7) is 8.06. The number of ketones is 1. The predicted molar refractivity (Wildman–Crippen MR) is 87.1 cm³/mol. The number of benzene rings is 1. The van der Waals surface area contributed by atoms with E-state index in [0.29, 0.717) is 12.8 Å². The van der Waals surface area contributed by atoms with Crippen molar-refractivity contribution < 1.29 is 18.7 Å². The van der Waals surface area contributed by atoms with Gasteiger partial charge >= 0.3 is 6.09 Å². The maximum absolute atomic E-state index is 14.4. The van der Waals surface area contributed by atoms with Gasteiger partial charge in [-0.1, -0.05) is 26.8 Å². The first kappa shape index (κ1) is 17.4. The van der Waals surface area contributed by atoms with Crippen LogP contribution < -0.4 is 4.90 Å². The van der Waals surface area contributed by atoms with E-state index in [1.165, 1.54) is 17.9 Å². The fourth-order valence-corrected chi connectivity index (χ4v) is 2.72. The van der Waals surface area contributed by atoms with Crippen LogP contribution >= 0.6 is 0 Å². The zero-order valence-corrected chi connectivity index (χ0v) is 14.2. The Morgan fingerprint density at radius 1 is 1.39 bits per heavy atom. The third-order valence-corrected chi connectivity index (χ3v) is 3.73. The van der Waals surface area contributed by atoms with E-state index in [1.807, 2.05) is 6.07 Å². The smallest absolute Gasteiger partial charge is 0.414 e. The number of hydrogen-bond donors (Lipinski definition) is 0. The highest BCUT2D eigenvalue weighted by molar-refractivity contribution is 5.90. The molecule has 23 heavy (non-hydrogen) atoms. The van der Waals surface area contributed by atoms with Crippen molar-refractivity contribution in [2.24, 2.45) is 5.41 Å². The molecule has 4 nitrogen and oxygen atoms in total. The van der Waals surface area contributed by atoms with Crippen LogP contribution in [0.5, 0.6) is 0 Å². The van der Waals surface area contributed by atoms with Gasteiger partial charge in [0.2, 0.25) is 0 Å². The Morgan fingerprint density at radius 2 is 2.09 bits per heavy atom. The summed E-state index contributed by atoms with van der Waals surface area (Å²) >= 11 is 0. The Balaban J connectivity index is 2.09. The summed E-state index contributed by atoms with van der Waals surface area (Å²) < 4.78 is 19.6. The van der Waals surface area contributed by atoms with Gasteiger partial charge in [-0.25, -0.2) is 9.18 Å². The molecule has 126 valence electrons. The van der Waals surface area contributed by atoms with E-state index in [0.717, 1.165) is 12.0 Å². The van der Waals surface area contributed by atoms with Crippen LogP contribution in [0.2, 0.25) is 0 Å². The second kappa shape index (κ2) is 6.69. The highest BCUT2D eigenvalue weighted by Gasteiger charge is 2.33. The quantitative estimate of drug-likeness (QED) is 0.820. The number of amides is 1. The van der Waals surface area contributed by atoms with Gasteiger partial charge in [-0.2, -0.15) is 0 Å². The lowest BCUT2D eigenvalue weighted by Crippen LogP contribution is -2.25. The van der Waals surface area contributed by atoms with Crippen LogP contribution in [0.25, 0.3) is 0 Å². The number of carbonyl (C=O) groups excluding carboxylic acids is 2. The third-order valence-electron chi connectivity index (χ3n) is 3.73. The molecule has 1 aliphatic heterocycles. The molecule has 0 N–H and O–H groups in total. The van der Waals surface area contributed by atoms with Crippen LogP contribution in [0.15, 0.2) is 18.2 Å². The zero-order valence-electron chi connectivity index (χ0n) is 14.2. The molecule has 1 aromatic carbocycles. The molecule has 5 heteroatoms. The largest absolute Gasteiger partial charge is 0.444 e. The molecule has 1 amide bonds. The van der Waals surface area contributed by atoms with E-state index in [-0.39, 0.29) is 29.5 Å². The first-order valence-electron chi connectivity index (χ1n) is 7.92. The second-order valence-electron chi connectivity index (χ2n) is 7.38. The lowest BCUT2D eigenvalue weighted by Gasteiger charge is -2.19. The summed E-state index contributed by atoms with van der Waals surface area (Å²) in [5.74, 6) is -0.367. The third kappa shape index (κ3) is 4.78. The van der Waals surface area contributed by atoms with Crippen molar-refractivity contribution in [2.75, 3.05) is 11.4 Å².